The first kappa shape index (κ1) is 12.4. The zero-order valence-corrected chi connectivity index (χ0v) is 9.85. The van der Waals surface area contributed by atoms with Gasteiger partial charge in [0.2, 0.25) is 11.9 Å². The van der Waals surface area contributed by atoms with E-state index in [4.69, 9.17) is 0 Å². The summed E-state index contributed by atoms with van der Waals surface area (Å²) in [6, 6.07) is 1.77. The molecule has 0 bridgehead atoms. The lowest BCUT2D eigenvalue weighted by Crippen LogP contribution is -2.24. The van der Waals surface area contributed by atoms with Gasteiger partial charge >= 0.3 is 0 Å². The van der Waals surface area contributed by atoms with Gasteiger partial charge in [0.1, 0.15) is 0 Å². The molecule has 17 heavy (non-hydrogen) atoms. The van der Waals surface area contributed by atoms with Gasteiger partial charge < -0.3 is 0 Å². The summed E-state index contributed by atoms with van der Waals surface area (Å²) in [5, 5.41) is 0. The van der Waals surface area contributed by atoms with Gasteiger partial charge in [-0.2, -0.15) is 4.39 Å². The number of pyridine rings is 1. The Morgan fingerprint density at radius 2 is 2.00 bits per heavy atom. The predicted molar refractivity (Wildman–Crippen MR) is 59.7 cm³/mol. The van der Waals surface area contributed by atoms with Crippen molar-refractivity contribution < 1.29 is 13.2 Å². The number of hydrogen-bond acceptors (Lipinski definition) is 1. The highest BCUT2D eigenvalue weighted by Gasteiger charge is 2.36. The number of aryl methyl sites for hydroxylation is 1. The van der Waals surface area contributed by atoms with Crippen molar-refractivity contribution in [2.75, 3.05) is 0 Å². The molecule has 1 nitrogen and oxygen atoms in total. The van der Waals surface area contributed by atoms with Gasteiger partial charge in [-0.3, -0.25) is 0 Å². The first-order valence-corrected chi connectivity index (χ1v) is 6.04. The number of rotatable bonds is 2. The summed E-state index contributed by atoms with van der Waals surface area (Å²) in [5.74, 6) is -3.17. The van der Waals surface area contributed by atoms with Crippen LogP contribution in [0.2, 0.25) is 0 Å². The van der Waals surface area contributed by atoms with Crippen LogP contribution >= 0.6 is 0 Å². The molecule has 1 aliphatic rings. The molecule has 0 aromatic carbocycles. The Morgan fingerprint density at radius 3 is 2.59 bits per heavy atom. The van der Waals surface area contributed by atoms with Crippen molar-refractivity contribution in [3.05, 3.63) is 29.3 Å². The van der Waals surface area contributed by atoms with Crippen LogP contribution in [-0.4, -0.2) is 10.9 Å². The highest BCUT2D eigenvalue weighted by Crippen LogP contribution is 2.41. The van der Waals surface area contributed by atoms with Crippen LogP contribution in [0, 0.1) is 5.95 Å². The van der Waals surface area contributed by atoms with E-state index in [-0.39, 0.29) is 18.8 Å². The van der Waals surface area contributed by atoms with Crippen molar-refractivity contribution in [3.63, 3.8) is 0 Å². The lowest BCUT2D eigenvalue weighted by Gasteiger charge is -2.28. The predicted octanol–water partition coefficient (Wildman–Crippen LogP) is 4.08. The van der Waals surface area contributed by atoms with E-state index in [1.807, 2.05) is 6.92 Å². The van der Waals surface area contributed by atoms with Crippen molar-refractivity contribution in [3.8, 4) is 0 Å². The van der Waals surface area contributed by atoms with Crippen molar-refractivity contribution in [1.82, 2.24) is 4.98 Å². The molecule has 1 aromatic heterocycles. The molecule has 0 aliphatic heterocycles. The first-order chi connectivity index (χ1) is 8.02. The van der Waals surface area contributed by atoms with Crippen LogP contribution in [-0.2, 0) is 6.42 Å². The Kier molecular flexibility index (Phi) is 3.40. The monoisotopic (exact) mass is 243 g/mol. The number of alkyl halides is 2. The van der Waals surface area contributed by atoms with Crippen LogP contribution in [0.4, 0.5) is 13.2 Å². The Labute approximate surface area is 99.1 Å². The van der Waals surface area contributed by atoms with E-state index in [0.29, 0.717) is 18.4 Å². The summed E-state index contributed by atoms with van der Waals surface area (Å²) in [7, 11) is 0. The minimum absolute atomic E-state index is 0.103. The average Bonchev–Trinajstić information content (AvgIpc) is 2.30. The Hall–Kier alpha value is -1.06. The number of aromatic nitrogens is 1. The van der Waals surface area contributed by atoms with Crippen molar-refractivity contribution >= 4 is 0 Å². The average molecular weight is 243 g/mol. The molecule has 0 atom stereocenters. The molecule has 0 amide bonds. The number of halogens is 3. The zero-order chi connectivity index (χ0) is 12.5. The normalized spacial score (nSPS) is 20.5. The van der Waals surface area contributed by atoms with Gasteiger partial charge in [0, 0.05) is 24.6 Å². The third-order valence-electron chi connectivity index (χ3n) is 3.49. The summed E-state index contributed by atoms with van der Waals surface area (Å²) in [6.07, 6.45) is 2.69. The standard InChI is InChI=1S/C13H16F3N/c1-2-9-7-11(12(14)17-8-9)10-3-5-13(15,16)6-4-10/h7-8,10H,2-6H2,1H3. The van der Waals surface area contributed by atoms with Crippen molar-refractivity contribution in [2.24, 2.45) is 0 Å². The van der Waals surface area contributed by atoms with Gasteiger partial charge in [0.25, 0.3) is 0 Å². The van der Waals surface area contributed by atoms with E-state index < -0.39 is 11.9 Å². The van der Waals surface area contributed by atoms with Gasteiger partial charge in [-0.25, -0.2) is 13.8 Å². The van der Waals surface area contributed by atoms with Gasteiger partial charge in [0.05, 0.1) is 0 Å². The quantitative estimate of drug-likeness (QED) is 0.713. The van der Waals surface area contributed by atoms with Crippen molar-refractivity contribution in [1.29, 1.82) is 0 Å². The van der Waals surface area contributed by atoms with Crippen LogP contribution in [0.25, 0.3) is 0 Å². The van der Waals surface area contributed by atoms with E-state index >= 15 is 0 Å². The summed E-state index contributed by atoms with van der Waals surface area (Å²) in [4.78, 5) is 3.71. The maximum absolute atomic E-state index is 13.6. The van der Waals surface area contributed by atoms with Gasteiger partial charge in [-0.05, 0) is 36.8 Å². The molecule has 4 heteroatoms. The molecule has 2 rings (SSSR count). The third-order valence-corrected chi connectivity index (χ3v) is 3.49. The Bertz CT molecular complexity index is 394. The molecule has 1 saturated carbocycles. The number of nitrogens with zero attached hydrogens (tertiary/aromatic N) is 1. The topological polar surface area (TPSA) is 12.9 Å². The lowest BCUT2D eigenvalue weighted by atomic mass is 9.82. The molecule has 0 saturated heterocycles. The molecular weight excluding hydrogens is 227 g/mol. The molecule has 0 N–H and O–H groups in total. The number of hydrogen-bond donors (Lipinski definition) is 0. The maximum atomic E-state index is 13.6. The molecule has 1 aromatic rings. The molecule has 0 spiro atoms. The Balaban J connectivity index is 2.17. The molecule has 1 fully saturated rings. The van der Waals surface area contributed by atoms with Gasteiger partial charge in [0.15, 0.2) is 0 Å². The van der Waals surface area contributed by atoms with E-state index in [1.54, 1.807) is 6.07 Å². The third kappa shape index (κ3) is 2.79. The second-order valence-corrected chi connectivity index (χ2v) is 4.71. The Morgan fingerprint density at radius 1 is 1.35 bits per heavy atom. The van der Waals surface area contributed by atoms with E-state index in [0.717, 1.165) is 12.0 Å². The molecule has 1 heterocycles. The van der Waals surface area contributed by atoms with Crippen LogP contribution in [0.3, 0.4) is 0 Å². The summed E-state index contributed by atoms with van der Waals surface area (Å²) in [5.41, 5.74) is 1.47. The highest BCUT2D eigenvalue weighted by atomic mass is 19.3. The molecular formula is C13H16F3N. The SMILES string of the molecule is CCc1cnc(F)c(C2CCC(F)(F)CC2)c1. The molecule has 0 radical (unpaired) electrons. The fourth-order valence-corrected chi connectivity index (χ4v) is 2.34. The minimum atomic E-state index is -2.57. The first-order valence-electron chi connectivity index (χ1n) is 6.04. The molecule has 1 aliphatic carbocycles. The smallest absolute Gasteiger partial charge is 0.228 e. The lowest BCUT2D eigenvalue weighted by molar-refractivity contribution is -0.0384. The fraction of sp³-hybridized carbons (Fsp3) is 0.615. The van der Waals surface area contributed by atoms with Gasteiger partial charge in [-0.15, -0.1) is 0 Å². The largest absolute Gasteiger partial charge is 0.248 e. The van der Waals surface area contributed by atoms with Crippen LogP contribution < -0.4 is 0 Å². The second kappa shape index (κ2) is 4.67. The highest BCUT2D eigenvalue weighted by molar-refractivity contribution is 5.23. The second-order valence-electron chi connectivity index (χ2n) is 4.71. The maximum Gasteiger partial charge on any atom is 0.248 e. The van der Waals surface area contributed by atoms with Crippen LogP contribution in [0.1, 0.15) is 49.7 Å². The van der Waals surface area contributed by atoms with Crippen LogP contribution in [0.15, 0.2) is 12.3 Å². The van der Waals surface area contributed by atoms with Gasteiger partial charge in [-0.1, -0.05) is 6.92 Å². The minimum Gasteiger partial charge on any atom is -0.228 e. The summed E-state index contributed by atoms with van der Waals surface area (Å²) < 4.78 is 39.6. The van der Waals surface area contributed by atoms with Crippen molar-refractivity contribution in [2.45, 2.75) is 50.9 Å². The molecule has 94 valence electrons. The van der Waals surface area contributed by atoms with Crippen LogP contribution in [0.5, 0.6) is 0 Å². The molecule has 0 unspecified atom stereocenters. The van der Waals surface area contributed by atoms with E-state index in [9.17, 15) is 13.2 Å². The van der Waals surface area contributed by atoms with E-state index in [2.05, 4.69) is 4.98 Å². The fourth-order valence-electron chi connectivity index (χ4n) is 2.34. The van der Waals surface area contributed by atoms with E-state index in [1.165, 1.54) is 6.20 Å². The zero-order valence-electron chi connectivity index (χ0n) is 9.85. The summed E-state index contributed by atoms with van der Waals surface area (Å²) in [6.45, 7) is 1.97. The summed E-state index contributed by atoms with van der Waals surface area (Å²) >= 11 is 0.